The van der Waals surface area contributed by atoms with Gasteiger partial charge in [0.25, 0.3) is 0 Å². The van der Waals surface area contributed by atoms with Crippen molar-refractivity contribution in [1.29, 1.82) is 0 Å². The number of aromatic nitrogens is 2. The molecule has 46 heavy (non-hydrogen) atoms. The molecular weight excluding hydrogens is 618 g/mol. The van der Waals surface area contributed by atoms with Crippen molar-refractivity contribution < 1.29 is 28.3 Å². The molecule has 0 radical (unpaired) electrons. The number of hydrogen-bond acceptors (Lipinski definition) is 5. The Hall–Kier alpha value is -4.97. The second-order valence-electron chi connectivity index (χ2n) is 11.0. The summed E-state index contributed by atoms with van der Waals surface area (Å²) >= 11 is 5.86. The van der Waals surface area contributed by atoms with Crippen LogP contribution in [0.1, 0.15) is 37.6 Å². The van der Waals surface area contributed by atoms with E-state index in [4.69, 9.17) is 16.6 Å². The lowest BCUT2D eigenvalue weighted by Gasteiger charge is -2.31. The summed E-state index contributed by atoms with van der Waals surface area (Å²) in [4.78, 5) is 43.7. The van der Waals surface area contributed by atoms with Gasteiger partial charge in [0.05, 0.1) is 11.6 Å². The number of carbonyl (C=O) groups is 3. The Bertz CT molecular complexity index is 1750. The van der Waals surface area contributed by atoms with Crippen LogP contribution in [0.5, 0.6) is 0 Å². The summed E-state index contributed by atoms with van der Waals surface area (Å²) in [5, 5.41) is 17.8. The average Bonchev–Trinajstić information content (AvgIpc) is 3.39. The summed E-state index contributed by atoms with van der Waals surface area (Å²) in [5.41, 5.74) is 2.60. The SMILES string of the molecule is CCCCC(=O)Nc1ccc(C[C@H](NC(=O)O)C(=O)N2CCn3c(nc(-c4cccc(F)c4)c3Nc3ccc(Cl)c(F)c3)C2)cc1. The number of anilines is 3. The Morgan fingerprint density at radius 3 is 2.48 bits per heavy atom. The highest BCUT2D eigenvalue weighted by molar-refractivity contribution is 6.30. The van der Waals surface area contributed by atoms with Gasteiger partial charge in [-0.2, -0.15) is 0 Å². The first-order valence-corrected chi connectivity index (χ1v) is 15.2. The topological polar surface area (TPSA) is 129 Å². The third-order valence-corrected chi connectivity index (χ3v) is 7.90. The largest absolute Gasteiger partial charge is 0.465 e. The van der Waals surface area contributed by atoms with Gasteiger partial charge in [0.15, 0.2) is 0 Å². The Kier molecular flexibility index (Phi) is 10.2. The zero-order chi connectivity index (χ0) is 32.8. The molecule has 3 aromatic carbocycles. The van der Waals surface area contributed by atoms with Gasteiger partial charge in [0, 0.05) is 42.9 Å². The molecule has 0 unspecified atom stereocenters. The highest BCUT2D eigenvalue weighted by Crippen LogP contribution is 2.34. The third kappa shape index (κ3) is 7.81. The molecule has 0 saturated carbocycles. The predicted octanol–water partition coefficient (Wildman–Crippen LogP) is 6.58. The van der Waals surface area contributed by atoms with E-state index in [1.165, 1.54) is 29.2 Å². The standard InChI is InChI=1S/C33H33ClF2N6O4/c1-2-3-7-29(43)37-23-10-8-20(9-11-23)16-27(39-33(45)46)32(44)41-14-15-42-28(19-41)40-30(21-5-4-6-22(35)17-21)31(42)38-24-12-13-25(34)26(36)18-24/h4-6,8-13,17-18,27,38-39H,2-3,7,14-16,19H2,1H3,(H,37,43)(H,45,46)/t27-/m0/s1. The van der Waals surface area contributed by atoms with Crippen LogP contribution >= 0.6 is 11.6 Å². The molecule has 3 amide bonds. The smallest absolute Gasteiger partial charge is 0.405 e. The van der Waals surface area contributed by atoms with Crippen molar-refractivity contribution in [3.05, 3.63) is 94.8 Å². The zero-order valence-corrected chi connectivity index (χ0v) is 25.8. The summed E-state index contributed by atoms with van der Waals surface area (Å²) in [7, 11) is 0. The summed E-state index contributed by atoms with van der Waals surface area (Å²) in [6.07, 6.45) is 0.869. The van der Waals surface area contributed by atoms with E-state index < -0.39 is 29.7 Å². The van der Waals surface area contributed by atoms with Crippen molar-refractivity contribution in [3.63, 3.8) is 0 Å². The number of nitrogens with one attached hydrogen (secondary N) is 3. The van der Waals surface area contributed by atoms with E-state index >= 15 is 0 Å². The van der Waals surface area contributed by atoms with E-state index in [0.717, 1.165) is 12.8 Å². The average molecular weight is 651 g/mol. The molecule has 1 aliphatic heterocycles. The molecule has 1 aromatic heterocycles. The van der Waals surface area contributed by atoms with Crippen LogP contribution in [0.25, 0.3) is 11.3 Å². The molecule has 5 rings (SSSR count). The second kappa shape index (κ2) is 14.4. The number of benzene rings is 3. The van der Waals surface area contributed by atoms with E-state index in [-0.39, 0.29) is 37.0 Å². The van der Waals surface area contributed by atoms with Crippen LogP contribution in [0.2, 0.25) is 5.02 Å². The number of halogens is 3. The van der Waals surface area contributed by atoms with E-state index in [0.29, 0.717) is 46.3 Å². The number of carboxylic acid groups (broad SMARTS) is 1. The molecule has 1 aliphatic rings. The number of carbonyl (C=O) groups excluding carboxylic acids is 2. The Morgan fingerprint density at radius 1 is 1.02 bits per heavy atom. The zero-order valence-electron chi connectivity index (χ0n) is 25.0. The van der Waals surface area contributed by atoms with Crippen LogP contribution in [0.15, 0.2) is 66.7 Å². The summed E-state index contributed by atoms with van der Waals surface area (Å²) in [6, 6.07) is 16.0. The summed E-state index contributed by atoms with van der Waals surface area (Å²) in [5.74, 6) is -0.631. The van der Waals surface area contributed by atoms with Crippen LogP contribution in [0, 0.1) is 11.6 Å². The van der Waals surface area contributed by atoms with Gasteiger partial charge in [-0.05, 0) is 54.4 Å². The van der Waals surface area contributed by atoms with Gasteiger partial charge in [0.2, 0.25) is 11.8 Å². The minimum atomic E-state index is -1.34. The molecule has 0 fully saturated rings. The lowest BCUT2D eigenvalue weighted by molar-refractivity contribution is -0.134. The first kappa shape index (κ1) is 32.4. The van der Waals surface area contributed by atoms with Crippen molar-refractivity contribution >= 4 is 46.7 Å². The molecule has 4 aromatic rings. The van der Waals surface area contributed by atoms with E-state index in [1.54, 1.807) is 42.5 Å². The second-order valence-corrected chi connectivity index (χ2v) is 11.4. The number of rotatable bonds is 11. The van der Waals surface area contributed by atoms with Crippen LogP contribution < -0.4 is 16.0 Å². The maximum absolute atomic E-state index is 14.2. The summed E-state index contributed by atoms with van der Waals surface area (Å²) < 4.78 is 30.3. The number of nitrogens with zero attached hydrogens (tertiary/aromatic N) is 3. The van der Waals surface area contributed by atoms with E-state index in [9.17, 15) is 28.3 Å². The highest BCUT2D eigenvalue weighted by atomic mass is 35.5. The van der Waals surface area contributed by atoms with Crippen molar-refractivity contribution in [1.82, 2.24) is 19.8 Å². The fourth-order valence-electron chi connectivity index (χ4n) is 5.28. The molecule has 13 heteroatoms. The molecule has 2 heterocycles. The van der Waals surface area contributed by atoms with Crippen LogP contribution in [0.3, 0.4) is 0 Å². The number of unbranched alkanes of at least 4 members (excludes halogenated alkanes) is 1. The first-order chi connectivity index (χ1) is 22.1. The lowest BCUT2D eigenvalue weighted by atomic mass is 10.0. The molecule has 0 aliphatic carbocycles. The lowest BCUT2D eigenvalue weighted by Crippen LogP contribution is -2.51. The van der Waals surface area contributed by atoms with Gasteiger partial charge in [0.1, 0.15) is 35.0 Å². The van der Waals surface area contributed by atoms with Crippen LogP contribution in [-0.4, -0.2) is 50.1 Å². The number of amides is 3. The molecule has 4 N–H and O–H groups in total. The quantitative estimate of drug-likeness (QED) is 0.145. The molecule has 0 saturated heterocycles. The van der Waals surface area contributed by atoms with Gasteiger partial charge in [-0.25, -0.2) is 18.6 Å². The van der Waals surface area contributed by atoms with E-state index in [2.05, 4.69) is 16.0 Å². The van der Waals surface area contributed by atoms with Crippen LogP contribution in [0.4, 0.5) is 30.8 Å². The molecule has 1 atom stereocenters. The normalized spacial score (nSPS) is 13.1. The number of fused-ring (bicyclic) bond motifs is 1. The van der Waals surface area contributed by atoms with Gasteiger partial charge in [-0.15, -0.1) is 0 Å². The van der Waals surface area contributed by atoms with Crippen molar-refractivity contribution in [2.45, 2.75) is 51.7 Å². The third-order valence-electron chi connectivity index (χ3n) is 7.60. The maximum Gasteiger partial charge on any atom is 0.405 e. The molecular formula is C33H33ClF2N6O4. The Balaban J connectivity index is 1.37. The number of hydrogen-bond donors (Lipinski definition) is 4. The maximum atomic E-state index is 14.2. The van der Waals surface area contributed by atoms with Gasteiger partial charge < -0.3 is 30.5 Å². The fraction of sp³-hybridized carbons (Fsp3) is 0.273. The molecule has 0 spiro atoms. The van der Waals surface area contributed by atoms with Crippen LogP contribution in [-0.2, 0) is 29.1 Å². The van der Waals surface area contributed by atoms with Crippen molar-refractivity contribution in [2.24, 2.45) is 0 Å². The molecule has 240 valence electrons. The minimum Gasteiger partial charge on any atom is -0.465 e. The Morgan fingerprint density at radius 2 is 1.78 bits per heavy atom. The monoisotopic (exact) mass is 650 g/mol. The number of imidazole rings is 1. The Labute approximate surface area is 269 Å². The minimum absolute atomic E-state index is 0.0324. The van der Waals surface area contributed by atoms with Crippen molar-refractivity contribution in [3.8, 4) is 11.3 Å². The molecule has 0 bridgehead atoms. The first-order valence-electron chi connectivity index (χ1n) is 14.9. The molecule has 10 nitrogen and oxygen atoms in total. The highest BCUT2D eigenvalue weighted by Gasteiger charge is 2.32. The van der Waals surface area contributed by atoms with Gasteiger partial charge in [-0.1, -0.05) is 49.2 Å². The van der Waals surface area contributed by atoms with Crippen molar-refractivity contribution in [2.75, 3.05) is 17.2 Å². The summed E-state index contributed by atoms with van der Waals surface area (Å²) in [6.45, 7) is 2.58. The van der Waals surface area contributed by atoms with Gasteiger partial charge >= 0.3 is 6.09 Å². The van der Waals surface area contributed by atoms with E-state index in [1.807, 2.05) is 11.5 Å². The van der Waals surface area contributed by atoms with Gasteiger partial charge in [-0.3, -0.25) is 9.59 Å². The fourth-order valence-corrected chi connectivity index (χ4v) is 5.40. The predicted molar refractivity (Wildman–Crippen MR) is 171 cm³/mol.